The highest BCUT2D eigenvalue weighted by Gasteiger charge is 2.18. The summed E-state index contributed by atoms with van der Waals surface area (Å²) < 4.78 is 1.04. The Morgan fingerprint density at radius 3 is 2.80 bits per heavy atom. The third-order valence-corrected chi connectivity index (χ3v) is 7.16. The largest absolute Gasteiger partial charge is 0.301 e. The summed E-state index contributed by atoms with van der Waals surface area (Å²) in [5, 5.41) is 8.22. The van der Waals surface area contributed by atoms with Gasteiger partial charge in [0.15, 0.2) is 5.16 Å². The second-order valence-corrected chi connectivity index (χ2v) is 9.81. The highest BCUT2D eigenvalue weighted by atomic mass is 79.9. The summed E-state index contributed by atoms with van der Waals surface area (Å²) in [4.78, 5) is 20.5. The van der Waals surface area contributed by atoms with E-state index in [1.165, 1.54) is 43.9 Å². The van der Waals surface area contributed by atoms with Gasteiger partial charge in [-0.05, 0) is 37.0 Å². The molecule has 0 bridgehead atoms. The first kappa shape index (κ1) is 21.4. The van der Waals surface area contributed by atoms with E-state index in [1.54, 1.807) is 0 Å². The summed E-state index contributed by atoms with van der Waals surface area (Å²) in [7, 11) is 0. The number of benzene rings is 1. The quantitative estimate of drug-likeness (QED) is 0.322. The number of hydrogen-bond acceptors (Lipinski definition) is 4. The lowest BCUT2D eigenvalue weighted by molar-refractivity contribution is 0.352. The molecule has 0 amide bonds. The third-order valence-electron chi connectivity index (χ3n) is 5.76. The van der Waals surface area contributed by atoms with E-state index in [9.17, 15) is 4.79 Å². The molecular weight excluding hydrogens is 460 g/mol. The minimum absolute atomic E-state index is 0.0117. The molecule has 0 saturated heterocycles. The van der Waals surface area contributed by atoms with Crippen molar-refractivity contribution in [1.29, 1.82) is 0 Å². The van der Waals surface area contributed by atoms with E-state index >= 15 is 0 Å². The van der Waals surface area contributed by atoms with Crippen molar-refractivity contribution in [1.82, 2.24) is 20.2 Å². The fraction of sp³-hybridized carbons (Fsp3) is 0.435. The van der Waals surface area contributed by atoms with Gasteiger partial charge in [0.1, 0.15) is 0 Å². The Morgan fingerprint density at radius 1 is 1.20 bits per heavy atom. The molecule has 3 aromatic rings. The molecule has 1 aliphatic rings. The number of aromatic nitrogens is 4. The number of hydrogen-bond donors (Lipinski definition) is 2. The topological polar surface area (TPSA) is 74.4 Å². The number of nitrogens with one attached hydrogen (secondary N) is 2. The Morgan fingerprint density at radius 2 is 2.03 bits per heavy atom. The molecule has 2 N–H and O–H groups in total. The zero-order valence-corrected chi connectivity index (χ0v) is 19.6. The van der Waals surface area contributed by atoms with Gasteiger partial charge < -0.3 is 4.98 Å². The first-order valence-electron chi connectivity index (χ1n) is 10.7. The average molecular weight is 487 g/mol. The van der Waals surface area contributed by atoms with Gasteiger partial charge in [-0.3, -0.25) is 9.89 Å². The van der Waals surface area contributed by atoms with E-state index in [4.69, 9.17) is 4.98 Å². The number of halogens is 1. The summed E-state index contributed by atoms with van der Waals surface area (Å²) in [6.07, 6.45) is 8.11. The number of rotatable bonds is 7. The standard InChI is InChI=1S/C23H27BrN4OS/c1-2-19-21(11-15-7-4-3-5-8-15)25-23(26-22(19)29)30-14-18-13-20(28-27-18)16-9-6-10-17(24)12-16/h6,9-10,12-13,15H,2-5,7-8,11,14H2,1H3,(H,27,28)(H,25,26,29). The molecule has 30 heavy (non-hydrogen) atoms. The summed E-state index contributed by atoms with van der Waals surface area (Å²) in [6.45, 7) is 2.04. The van der Waals surface area contributed by atoms with Crippen molar-refractivity contribution in [2.24, 2.45) is 5.92 Å². The van der Waals surface area contributed by atoms with Gasteiger partial charge in [0.05, 0.1) is 17.1 Å². The minimum atomic E-state index is 0.0117. The predicted octanol–water partition coefficient (Wildman–Crippen LogP) is 5.90. The zero-order chi connectivity index (χ0) is 20.9. The highest BCUT2D eigenvalue weighted by Crippen LogP contribution is 2.28. The van der Waals surface area contributed by atoms with Gasteiger partial charge in [-0.15, -0.1) is 0 Å². The van der Waals surface area contributed by atoms with E-state index in [0.29, 0.717) is 16.8 Å². The van der Waals surface area contributed by atoms with E-state index < -0.39 is 0 Å². The lowest BCUT2D eigenvalue weighted by Crippen LogP contribution is -2.21. The van der Waals surface area contributed by atoms with Gasteiger partial charge in [-0.25, -0.2) is 4.98 Å². The molecule has 0 radical (unpaired) electrons. The second kappa shape index (κ2) is 9.96. The predicted molar refractivity (Wildman–Crippen MR) is 126 cm³/mol. The fourth-order valence-corrected chi connectivity index (χ4v) is 5.34. The average Bonchev–Trinajstić information content (AvgIpc) is 3.22. The summed E-state index contributed by atoms with van der Waals surface area (Å²) >= 11 is 5.04. The molecule has 158 valence electrons. The molecule has 1 aromatic carbocycles. The first-order valence-corrected chi connectivity index (χ1v) is 12.5. The van der Waals surface area contributed by atoms with Crippen LogP contribution in [-0.4, -0.2) is 20.2 Å². The summed E-state index contributed by atoms with van der Waals surface area (Å²) in [6, 6.07) is 10.2. The van der Waals surface area contributed by atoms with Crippen LogP contribution in [0.1, 0.15) is 56.0 Å². The van der Waals surface area contributed by atoms with Gasteiger partial charge in [0, 0.05) is 21.4 Å². The molecule has 2 heterocycles. The van der Waals surface area contributed by atoms with Crippen LogP contribution in [0.4, 0.5) is 0 Å². The number of thioether (sulfide) groups is 1. The SMILES string of the molecule is CCc1c(CC2CCCCC2)nc(SCc2cc(-c3cccc(Br)c3)[nH]n2)[nH]c1=O. The second-order valence-electron chi connectivity index (χ2n) is 7.93. The minimum Gasteiger partial charge on any atom is -0.301 e. The summed E-state index contributed by atoms with van der Waals surface area (Å²) in [5.74, 6) is 1.32. The van der Waals surface area contributed by atoms with Crippen molar-refractivity contribution in [3.8, 4) is 11.3 Å². The summed E-state index contributed by atoms with van der Waals surface area (Å²) in [5.41, 5.74) is 4.85. The van der Waals surface area contributed by atoms with Crippen molar-refractivity contribution in [3.05, 3.63) is 62.1 Å². The van der Waals surface area contributed by atoms with Crippen LogP contribution < -0.4 is 5.56 Å². The maximum absolute atomic E-state index is 12.6. The lowest BCUT2D eigenvalue weighted by Gasteiger charge is -2.22. The van der Waals surface area contributed by atoms with Crippen molar-refractivity contribution in [3.63, 3.8) is 0 Å². The maximum atomic E-state index is 12.6. The van der Waals surface area contributed by atoms with Crippen molar-refractivity contribution >= 4 is 27.7 Å². The van der Waals surface area contributed by atoms with Gasteiger partial charge in [0.25, 0.3) is 5.56 Å². The Bertz CT molecular complexity index is 1060. The normalized spacial score (nSPS) is 14.9. The lowest BCUT2D eigenvalue weighted by atomic mass is 9.85. The van der Waals surface area contributed by atoms with Crippen LogP contribution in [0.3, 0.4) is 0 Å². The van der Waals surface area contributed by atoms with Crippen LogP contribution in [-0.2, 0) is 18.6 Å². The Hall–Kier alpha value is -1.86. The molecule has 4 rings (SSSR count). The molecule has 0 spiro atoms. The Balaban J connectivity index is 1.47. The van der Waals surface area contributed by atoms with Crippen LogP contribution >= 0.6 is 27.7 Å². The smallest absolute Gasteiger partial charge is 0.254 e. The van der Waals surface area contributed by atoms with Crippen molar-refractivity contribution in [2.45, 2.75) is 62.8 Å². The number of H-pyrrole nitrogens is 2. The van der Waals surface area contributed by atoms with E-state index in [2.05, 4.69) is 49.3 Å². The zero-order valence-electron chi connectivity index (χ0n) is 17.2. The van der Waals surface area contributed by atoms with Gasteiger partial charge in [0.2, 0.25) is 0 Å². The van der Waals surface area contributed by atoms with Gasteiger partial charge in [-0.2, -0.15) is 5.10 Å². The Labute approximate surface area is 189 Å². The van der Waals surface area contributed by atoms with Crippen molar-refractivity contribution < 1.29 is 0 Å². The fourth-order valence-electron chi connectivity index (χ4n) is 4.17. The molecule has 0 aliphatic heterocycles. The van der Waals surface area contributed by atoms with E-state index in [0.717, 1.165) is 45.5 Å². The van der Waals surface area contributed by atoms with Crippen LogP contribution in [0.5, 0.6) is 0 Å². The van der Waals surface area contributed by atoms with Crippen LogP contribution in [0.15, 0.2) is 44.8 Å². The molecule has 0 unspecified atom stereocenters. The van der Waals surface area contributed by atoms with Gasteiger partial charge in [-0.1, -0.05) is 78.9 Å². The third kappa shape index (κ3) is 5.24. The van der Waals surface area contributed by atoms with Gasteiger partial charge >= 0.3 is 0 Å². The molecule has 1 saturated carbocycles. The van der Waals surface area contributed by atoms with Crippen molar-refractivity contribution in [2.75, 3.05) is 0 Å². The number of nitrogens with zero attached hydrogens (tertiary/aromatic N) is 2. The molecule has 0 atom stereocenters. The van der Waals surface area contributed by atoms with Crippen LogP contribution in [0.25, 0.3) is 11.3 Å². The highest BCUT2D eigenvalue weighted by molar-refractivity contribution is 9.10. The number of aromatic amines is 2. The monoisotopic (exact) mass is 486 g/mol. The molecule has 2 aromatic heterocycles. The van der Waals surface area contributed by atoms with Crippen LogP contribution in [0.2, 0.25) is 0 Å². The molecule has 1 aliphatic carbocycles. The maximum Gasteiger partial charge on any atom is 0.254 e. The molecular formula is C23H27BrN4OS. The molecule has 7 heteroatoms. The molecule has 5 nitrogen and oxygen atoms in total. The van der Waals surface area contributed by atoms with E-state index in [1.807, 2.05) is 19.1 Å². The van der Waals surface area contributed by atoms with E-state index in [-0.39, 0.29) is 5.56 Å². The molecule has 1 fully saturated rings. The van der Waals surface area contributed by atoms with Crippen LogP contribution in [0, 0.1) is 5.92 Å². The first-order chi connectivity index (χ1) is 14.6. The Kier molecular flexibility index (Phi) is 7.10.